The second-order valence-electron chi connectivity index (χ2n) is 7.39. The molecule has 0 aromatic heterocycles. The highest BCUT2D eigenvalue weighted by atomic mass is 16.2. The van der Waals surface area contributed by atoms with Crippen LogP contribution in [0.15, 0.2) is 30.3 Å². The monoisotopic (exact) mass is 402 g/mol. The number of primary amides is 1. The third-order valence-electron chi connectivity index (χ3n) is 4.96. The number of hydrogen-bond acceptors (Lipinski definition) is 4. The van der Waals surface area contributed by atoms with Crippen LogP contribution in [0.1, 0.15) is 51.0 Å². The second-order valence-corrected chi connectivity index (χ2v) is 7.39. The zero-order chi connectivity index (χ0) is 21.2. The number of amides is 4. The normalized spacial score (nSPS) is 19.8. The Bertz CT molecular complexity index is 723. The van der Waals surface area contributed by atoms with Gasteiger partial charge in [-0.2, -0.15) is 0 Å². The number of unbranched alkanes of at least 4 members (excludes halogenated alkanes) is 3. The first-order valence-corrected chi connectivity index (χ1v) is 10.1. The molecule has 3 atom stereocenters. The average molecular weight is 402 g/mol. The van der Waals surface area contributed by atoms with Crippen molar-refractivity contribution in [1.82, 2.24) is 16.0 Å². The van der Waals surface area contributed by atoms with Gasteiger partial charge in [-0.15, -0.1) is 0 Å². The van der Waals surface area contributed by atoms with Crippen molar-refractivity contribution >= 4 is 23.6 Å². The van der Waals surface area contributed by atoms with Crippen molar-refractivity contribution in [1.29, 1.82) is 0 Å². The summed E-state index contributed by atoms with van der Waals surface area (Å²) in [5.74, 6) is -1.85. The van der Waals surface area contributed by atoms with Crippen LogP contribution < -0.4 is 21.7 Å². The van der Waals surface area contributed by atoms with Crippen LogP contribution in [-0.2, 0) is 25.6 Å². The summed E-state index contributed by atoms with van der Waals surface area (Å²) in [5.41, 5.74) is 6.30. The highest BCUT2D eigenvalue weighted by Crippen LogP contribution is 2.10. The molecule has 0 unspecified atom stereocenters. The number of rotatable bonds is 11. The van der Waals surface area contributed by atoms with Crippen molar-refractivity contribution in [2.45, 2.75) is 70.0 Å². The van der Waals surface area contributed by atoms with E-state index < -0.39 is 35.8 Å². The number of hydrogen-bond donors (Lipinski definition) is 4. The molecule has 0 spiro atoms. The van der Waals surface area contributed by atoms with E-state index in [9.17, 15) is 19.2 Å². The van der Waals surface area contributed by atoms with E-state index in [1.165, 1.54) is 0 Å². The van der Waals surface area contributed by atoms with Gasteiger partial charge in [0.2, 0.25) is 23.6 Å². The summed E-state index contributed by atoms with van der Waals surface area (Å²) < 4.78 is 0. The first-order chi connectivity index (χ1) is 13.9. The lowest BCUT2D eigenvalue weighted by Crippen LogP contribution is -2.63. The van der Waals surface area contributed by atoms with Crippen LogP contribution in [0.25, 0.3) is 0 Å². The molecule has 1 aromatic carbocycles. The van der Waals surface area contributed by atoms with Crippen LogP contribution >= 0.6 is 0 Å². The van der Waals surface area contributed by atoms with Crippen molar-refractivity contribution in [3.8, 4) is 0 Å². The average Bonchev–Trinajstić information content (AvgIpc) is 2.68. The van der Waals surface area contributed by atoms with E-state index in [1.807, 2.05) is 30.3 Å². The summed E-state index contributed by atoms with van der Waals surface area (Å²) in [6.07, 6.45) is 4.45. The summed E-state index contributed by atoms with van der Waals surface area (Å²) in [5, 5.41) is 7.86. The number of piperazine rings is 1. The zero-order valence-corrected chi connectivity index (χ0v) is 16.8. The summed E-state index contributed by atoms with van der Waals surface area (Å²) >= 11 is 0. The lowest BCUT2D eigenvalue weighted by Gasteiger charge is -2.29. The van der Waals surface area contributed by atoms with E-state index in [2.05, 4.69) is 22.9 Å². The largest absolute Gasteiger partial charge is 0.368 e. The topological polar surface area (TPSA) is 130 Å². The highest BCUT2D eigenvalue weighted by molar-refractivity contribution is 5.99. The Kier molecular flexibility index (Phi) is 8.64. The van der Waals surface area contributed by atoms with E-state index in [0.717, 1.165) is 31.2 Å². The fourth-order valence-electron chi connectivity index (χ4n) is 3.31. The fraction of sp³-hybridized carbons (Fsp3) is 0.524. The predicted octanol–water partition coefficient (Wildman–Crippen LogP) is 0.543. The highest BCUT2D eigenvalue weighted by Gasteiger charge is 2.35. The molecule has 5 N–H and O–H groups in total. The lowest BCUT2D eigenvalue weighted by molar-refractivity contribution is -0.138. The molecule has 1 heterocycles. The van der Waals surface area contributed by atoms with Gasteiger partial charge >= 0.3 is 0 Å². The fourth-order valence-corrected chi connectivity index (χ4v) is 3.31. The van der Waals surface area contributed by atoms with Crippen molar-refractivity contribution in [3.05, 3.63) is 35.9 Å². The van der Waals surface area contributed by atoms with Crippen molar-refractivity contribution in [3.63, 3.8) is 0 Å². The Hall–Kier alpha value is -2.90. The molecule has 1 aliphatic rings. The first-order valence-electron chi connectivity index (χ1n) is 10.1. The Balaban J connectivity index is 1.84. The van der Waals surface area contributed by atoms with Gasteiger partial charge in [0.1, 0.15) is 18.1 Å². The van der Waals surface area contributed by atoms with Gasteiger partial charge in [-0.25, -0.2) is 0 Å². The minimum atomic E-state index is -0.969. The molecule has 0 radical (unpaired) electrons. The van der Waals surface area contributed by atoms with Gasteiger partial charge < -0.3 is 21.7 Å². The van der Waals surface area contributed by atoms with Gasteiger partial charge in [-0.05, 0) is 12.0 Å². The molecule has 158 valence electrons. The molecule has 1 fully saturated rings. The quantitative estimate of drug-likeness (QED) is 0.403. The van der Waals surface area contributed by atoms with Gasteiger partial charge in [0, 0.05) is 6.42 Å². The Morgan fingerprint density at radius 3 is 2.34 bits per heavy atom. The zero-order valence-electron chi connectivity index (χ0n) is 16.8. The summed E-state index contributed by atoms with van der Waals surface area (Å²) in [6, 6.07) is 6.94. The lowest BCUT2D eigenvalue weighted by atomic mass is 10.0. The Morgan fingerprint density at radius 2 is 1.69 bits per heavy atom. The van der Waals surface area contributed by atoms with Crippen LogP contribution in [-0.4, -0.2) is 41.8 Å². The molecule has 8 nitrogen and oxygen atoms in total. The van der Waals surface area contributed by atoms with Gasteiger partial charge in [-0.1, -0.05) is 62.9 Å². The van der Waals surface area contributed by atoms with Crippen LogP contribution in [0, 0.1) is 0 Å². The number of benzene rings is 1. The third-order valence-corrected chi connectivity index (χ3v) is 4.96. The molecule has 1 aliphatic heterocycles. The first kappa shape index (κ1) is 22.4. The van der Waals surface area contributed by atoms with Crippen LogP contribution in [0.5, 0.6) is 0 Å². The summed E-state index contributed by atoms with van der Waals surface area (Å²) in [7, 11) is 0. The van der Waals surface area contributed by atoms with Gasteiger partial charge in [0.15, 0.2) is 0 Å². The van der Waals surface area contributed by atoms with E-state index in [4.69, 9.17) is 5.73 Å². The van der Waals surface area contributed by atoms with Crippen molar-refractivity contribution < 1.29 is 19.2 Å². The molecule has 1 aromatic rings. The third kappa shape index (κ3) is 7.21. The summed E-state index contributed by atoms with van der Waals surface area (Å²) in [4.78, 5) is 48.6. The van der Waals surface area contributed by atoms with Gasteiger partial charge in [0.25, 0.3) is 0 Å². The number of nitrogens with one attached hydrogen (secondary N) is 3. The second kappa shape index (κ2) is 11.2. The van der Waals surface area contributed by atoms with Gasteiger partial charge in [0.05, 0.1) is 6.42 Å². The number of carbonyl (C=O) groups excluding carboxylic acids is 4. The minimum Gasteiger partial charge on any atom is -0.368 e. The maximum absolute atomic E-state index is 12.3. The van der Waals surface area contributed by atoms with E-state index >= 15 is 0 Å². The van der Waals surface area contributed by atoms with E-state index in [-0.39, 0.29) is 12.3 Å². The standard InChI is InChI=1S/C21H30N4O4/c1-2-3-4-8-11-15(19(22)27)23-18(26)13-17-21(29)24-16(20(28)25-17)12-14-9-6-5-7-10-14/h5-7,9-10,15-17H,2-4,8,11-13H2,1H3,(H2,22,27)(H,23,26)(H,24,29)(H,25,28)/t15-,16+,17+/m1/s1. The maximum atomic E-state index is 12.3. The predicted molar refractivity (Wildman–Crippen MR) is 109 cm³/mol. The molecule has 4 amide bonds. The van der Waals surface area contributed by atoms with E-state index in [0.29, 0.717) is 12.8 Å². The van der Waals surface area contributed by atoms with Crippen LogP contribution in [0.2, 0.25) is 0 Å². The minimum absolute atomic E-state index is 0.242. The number of nitrogens with two attached hydrogens (primary N) is 1. The van der Waals surface area contributed by atoms with Gasteiger partial charge in [-0.3, -0.25) is 19.2 Å². The molecule has 8 heteroatoms. The van der Waals surface area contributed by atoms with Crippen molar-refractivity contribution in [2.24, 2.45) is 5.73 Å². The SMILES string of the molecule is CCCCCC[C@@H](NC(=O)C[C@@H]1NC(=O)[C@H](Cc2ccccc2)NC1=O)C(N)=O. The number of carbonyl (C=O) groups is 4. The molecule has 2 rings (SSSR count). The molecule has 0 bridgehead atoms. The van der Waals surface area contributed by atoms with Crippen LogP contribution in [0.4, 0.5) is 0 Å². The summed E-state index contributed by atoms with van der Waals surface area (Å²) in [6.45, 7) is 2.08. The van der Waals surface area contributed by atoms with Crippen LogP contribution in [0.3, 0.4) is 0 Å². The molecule has 0 aliphatic carbocycles. The Morgan fingerprint density at radius 1 is 1.03 bits per heavy atom. The van der Waals surface area contributed by atoms with E-state index in [1.54, 1.807) is 0 Å². The molecule has 1 saturated heterocycles. The molecule has 0 saturated carbocycles. The van der Waals surface area contributed by atoms with Crippen molar-refractivity contribution in [2.75, 3.05) is 0 Å². The Labute approximate surface area is 171 Å². The molecular formula is C21H30N4O4. The maximum Gasteiger partial charge on any atom is 0.243 e. The molecule has 29 heavy (non-hydrogen) atoms. The molecular weight excluding hydrogens is 372 g/mol. The smallest absolute Gasteiger partial charge is 0.243 e.